The van der Waals surface area contributed by atoms with E-state index in [9.17, 15) is 9.18 Å². The summed E-state index contributed by atoms with van der Waals surface area (Å²) in [6.07, 6.45) is 1.39. The van der Waals surface area contributed by atoms with Crippen LogP contribution in [0.2, 0.25) is 5.02 Å². The van der Waals surface area contributed by atoms with Crippen molar-refractivity contribution in [3.05, 3.63) is 58.6 Å². The van der Waals surface area contributed by atoms with E-state index in [4.69, 9.17) is 16.3 Å². The van der Waals surface area contributed by atoms with E-state index in [-0.39, 0.29) is 12.2 Å². The van der Waals surface area contributed by atoms with E-state index < -0.39 is 11.8 Å². The van der Waals surface area contributed by atoms with Crippen LogP contribution in [0.15, 0.2) is 36.5 Å². The van der Waals surface area contributed by atoms with Gasteiger partial charge in [0.25, 0.3) is 0 Å². The number of fused-ring (bicyclic) bond motifs is 1. The van der Waals surface area contributed by atoms with Crippen LogP contribution in [0, 0.1) is 12.7 Å². The fourth-order valence-corrected chi connectivity index (χ4v) is 2.56. The molecule has 0 saturated carbocycles. The molecule has 25 heavy (non-hydrogen) atoms. The van der Waals surface area contributed by atoms with Crippen molar-refractivity contribution in [1.82, 2.24) is 9.97 Å². The Morgan fingerprint density at radius 3 is 2.88 bits per heavy atom. The highest BCUT2D eigenvalue weighted by Gasteiger charge is 2.18. The van der Waals surface area contributed by atoms with Crippen LogP contribution in [0.4, 0.5) is 15.8 Å². The third kappa shape index (κ3) is 3.53. The number of aromatic nitrogens is 2. The number of pyridine rings is 2. The van der Waals surface area contributed by atoms with Gasteiger partial charge in [-0.25, -0.2) is 19.2 Å². The average molecular weight is 360 g/mol. The molecule has 128 valence electrons. The lowest BCUT2D eigenvalue weighted by Crippen LogP contribution is -2.10. The third-order valence-corrected chi connectivity index (χ3v) is 3.88. The van der Waals surface area contributed by atoms with Gasteiger partial charge in [-0.15, -0.1) is 0 Å². The Labute approximate surface area is 148 Å². The maximum Gasteiger partial charge on any atom is 0.341 e. The maximum absolute atomic E-state index is 13.6. The molecule has 0 aliphatic carbocycles. The first-order valence-electron chi connectivity index (χ1n) is 7.65. The summed E-state index contributed by atoms with van der Waals surface area (Å²) in [5.74, 6) is -0.982. The zero-order valence-corrected chi connectivity index (χ0v) is 14.4. The van der Waals surface area contributed by atoms with E-state index in [1.165, 1.54) is 24.4 Å². The van der Waals surface area contributed by atoms with Crippen molar-refractivity contribution in [3.63, 3.8) is 0 Å². The molecule has 5 nitrogen and oxygen atoms in total. The van der Waals surface area contributed by atoms with Crippen molar-refractivity contribution in [2.24, 2.45) is 0 Å². The van der Waals surface area contributed by atoms with Gasteiger partial charge < -0.3 is 10.1 Å². The predicted octanol–water partition coefficient (Wildman–Crippen LogP) is 4.65. The summed E-state index contributed by atoms with van der Waals surface area (Å²) < 4.78 is 18.7. The Kier molecular flexibility index (Phi) is 4.81. The van der Waals surface area contributed by atoms with Gasteiger partial charge in [-0.1, -0.05) is 11.6 Å². The molecule has 0 amide bonds. The molecule has 7 heteroatoms. The normalized spacial score (nSPS) is 10.7. The number of ether oxygens (including phenoxy) is 1. The molecule has 0 fully saturated rings. The summed E-state index contributed by atoms with van der Waals surface area (Å²) in [5.41, 5.74) is 2.23. The number of benzene rings is 1. The van der Waals surface area contributed by atoms with Crippen LogP contribution in [-0.4, -0.2) is 22.5 Å². The highest BCUT2D eigenvalue weighted by molar-refractivity contribution is 6.33. The van der Waals surface area contributed by atoms with E-state index in [1.54, 1.807) is 19.1 Å². The molecule has 0 spiro atoms. The number of anilines is 2. The molecule has 0 radical (unpaired) electrons. The second-order valence-corrected chi connectivity index (χ2v) is 5.75. The molecule has 3 aromatic rings. The molecule has 2 aromatic heterocycles. The van der Waals surface area contributed by atoms with E-state index in [0.717, 1.165) is 5.69 Å². The first kappa shape index (κ1) is 17.1. The maximum atomic E-state index is 13.6. The highest BCUT2D eigenvalue weighted by Crippen LogP contribution is 2.32. The smallest absolute Gasteiger partial charge is 0.341 e. The second-order valence-electron chi connectivity index (χ2n) is 5.34. The lowest BCUT2D eigenvalue weighted by Gasteiger charge is -2.15. The van der Waals surface area contributed by atoms with Crippen LogP contribution >= 0.6 is 11.6 Å². The van der Waals surface area contributed by atoms with Crippen LogP contribution in [-0.2, 0) is 4.74 Å². The van der Waals surface area contributed by atoms with Gasteiger partial charge in [0.2, 0.25) is 0 Å². The van der Waals surface area contributed by atoms with Gasteiger partial charge in [0, 0.05) is 17.3 Å². The van der Waals surface area contributed by atoms with Gasteiger partial charge in [0.15, 0.2) is 5.65 Å². The Bertz CT molecular complexity index is 962. The number of esters is 1. The minimum Gasteiger partial charge on any atom is -0.462 e. The molecule has 0 bridgehead atoms. The van der Waals surface area contributed by atoms with Gasteiger partial charge in [-0.05, 0) is 44.2 Å². The number of rotatable bonds is 4. The van der Waals surface area contributed by atoms with Crippen LogP contribution in [0.3, 0.4) is 0 Å². The van der Waals surface area contributed by atoms with Gasteiger partial charge in [-0.3, -0.25) is 0 Å². The lowest BCUT2D eigenvalue weighted by molar-refractivity contribution is 0.0527. The largest absolute Gasteiger partial charge is 0.462 e. The summed E-state index contributed by atoms with van der Waals surface area (Å²) in [7, 11) is 0. The van der Waals surface area contributed by atoms with E-state index in [0.29, 0.717) is 27.4 Å². The molecule has 0 aliphatic rings. The van der Waals surface area contributed by atoms with Crippen LogP contribution in [0.5, 0.6) is 0 Å². The van der Waals surface area contributed by atoms with E-state index in [1.807, 2.05) is 6.92 Å². The average Bonchev–Trinajstić information content (AvgIpc) is 2.58. The van der Waals surface area contributed by atoms with Crippen molar-refractivity contribution in [2.75, 3.05) is 11.9 Å². The van der Waals surface area contributed by atoms with Gasteiger partial charge in [0.05, 0.1) is 23.0 Å². The molecule has 0 aliphatic heterocycles. The van der Waals surface area contributed by atoms with E-state index >= 15 is 0 Å². The second kappa shape index (κ2) is 7.03. The number of carbonyl (C=O) groups is 1. The Morgan fingerprint density at radius 1 is 1.32 bits per heavy atom. The summed E-state index contributed by atoms with van der Waals surface area (Å²) in [6.45, 7) is 3.79. The Morgan fingerprint density at radius 2 is 2.12 bits per heavy atom. The molecule has 2 heterocycles. The fraction of sp³-hybridized carbons (Fsp3) is 0.167. The van der Waals surface area contributed by atoms with Crippen molar-refractivity contribution >= 4 is 40.0 Å². The lowest BCUT2D eigenvalue weighted by atomic mass is 10.1. The first-order chi connectivity index (χ1) is 12.0. The molecular weight excluding hydrogens is 345 g/mol. The minimum atomic E-state index is -0.535. The number of carbonyl (C=O) groups excluding carboxylic acids is 1. The van der Waals surface area contributed by atoms with Crippen LogP contribution in [0.1, 0.15) is 23.0 Å². The molecular formula is C18H15ClFN3O2. The van der Waals surface area contributed by atoms with Gasteiger partial charge in [0.1, 0.15) is 11.4 Å². The number of hydrogen-bond acceptors (Lipinski definition) is 5. The summed E-state index contributed by atoms with van der Waals surface area (Å²) in [5, 5.41) is 3.96. The van der Waals surface area contributed by atoms with E-state index in [2.05, 4.69) is 15.3 Å². The number of nitrogens with one attached hydrogen (secondary N) is 1. The zero-order chi connectivity index (χ0) is 18.0. The molecule has 0 saturated heterocycles. The number of halogens is 2. The monoisotopic (exact) mass is 359 g/mol. The standard InChI is InChI=1S/C18H15ClFN3O2/c1-3-25-18(24)13-9-21-17-12(6-4-10(2)22-17)16(13)23-15-8-11(20)5-7-14(15)19/h4-9H,3H2,1-2H3,(H,21,22,23). The molecule has 3 rings (SSSR count). The Balaban J connectivity index is 2.19. The summed E-state index contributed by atoms with van der Waals surface area (Å²) >= 11 is 6.14. The molecule has 0 unspecified atom stereocenters. The predicted molar refractivity (Wildman–Crippen MR) is 94.9 cm³/mol. The number of aryl methyl sites for hydroxylation is 1. The third-order valence-electron chi connectivity index (χ3n) is 3.55. The first-order valence-corrected chi connectivity index (χ1v) is 8.03. The molecule has 1 N–H and O–H groups in total. The van der Waals surface area contributed by atoms with Crippen molar-refractivity contribution in [1.29, 1.82) is 0 Å². The topological polar surface area (TPSA) is 64.1 Å². The van der Waals surface area contributed by atoms with Crippen LogP contribution in [0.25, 0.3) is 11.0 Å². The minimum absolute atomic E-state index is 0.223. The highest BCUT2D eigenvalue weighted by atomic mass is 35.5. The van der Waals surface area contributed by atoms with Gasteiger partial charge in [-0.2, -0.15) is 0 Å². The van der Waals surface area contributed by atoms with Crippen LogP contribution < -0.4 is 5.32 Å². The molecule has 1 aromatic carbocycles. The Hall–Kier alpha value is -2.73. The van der Waals surface area contributed by atoms with Crippen molar-refractivity contribution < 1.29 is 13.9 Å². The van der Waals surface area contributed by atoms with Crippen molar-refractivity contribution in [3.8, 4) is 0 Å². The van der Waals surface area contributed by atoms with Crippen molar-refractivity contribution in [2.45, 2.75) is 13.8 Å². The SMILES string of the molecule is CCOC(=O)c1cnc2nc(C)ccc2c1Nc1cc(F)ccc1Cl. The molecule has 0 atom stereocenters. The summed E-state index contributed by atoms with van der Waals surface area (Å²) in [4.78, 5) is 20.9. The summed E-state index contributed by atoms with van der Waals surface area (Å²) in [6, 6.07) is 7.55. The number of hydrogen-bond donors (Lipinski definition) is 1. The number of nitrogens with zero attached hydrogens (tertiary/aromatic N) is 2. The fourth-order valence-electron chi connectivity index (χ4n) is 2.40. The quantitative estimate of drug-likeness (QED) is 0.687. The zero-order valence-electron chi connectivity index (χ0n) is 13.6. The van der Waals surface area contributed by atoms with Gasteiger partial charge >= 0.3 is 5.97 Å².